The minimum Gasteiger partial charge on any atom is -0.493 e. The van der Waals surface area contributed by atoms with Crippen molar-refractivity contribution in [3.8, 4) is 17.2 Å². The first-order chi connectivity index (χ1) is 13.0. The average molecular weight is 373 g/mol. The van der Waals surface area contributed by atoms with Crippen LogP contribution >= 0.6 is 0 Å². The molecule has 0 bridgehead atoms. The van der Waals surface area contributed by atoms with Crippen LogP contribution in [0.25, 0.3) is 0 Å². The molecule has 0 aliphatic carbocycles. The summed E-state index contributed by atoms with van der Waals surface area (Å²) in [6.07, 6.45) is -0.566. The molecule has 1 N–H and O–H groups in total. The molecule has 5 nitrogen and oxygen atoms in total. The summed E-state index contributed by atoms with van der Waals surface area (Å²) in [6, 6.07) is 15.5. The van der Waals surface area contributed by atoms with Crippen LogP contribution in [0.2, 0.25) is 0 Å². The van der Waals surface area contributed by atoms with E-state index >= 15 is 0 Å². The maximum absolute atomic E-state index is 10.4. The van der Waals surface area contributed by atoms with E-state index < -0.39 is 6.10 Å². The Morgan fingerprint density at radius 3 is 2.26 bits per heavy atom. The van der Waals surface area contributed by atoms with Gasteiger partial charge in [0, 0.05) is 19.6 Å². The zero-order chi connectivity index (χ0) is 19.6. The number of para-hydroxylation sites is 1. The van der Waals surface area contributed by atoms with Crippen molar-refractivity contribution in [2.24, 2.45) is 5.92 Å². The normalized spacial score (nSPS) is 12.3. The molecular weight excluding hydrogens is 342 g/mol. The molecule has 148 valence electrons. The van der Waals surface area contributed by atoms with Gasteiger partial charge in [0.2, 0.25) is 0 Å². The van der Waals surface area contributed by atoms with E-state index in [1.165, 1.54) is 0 Å². The second-order valence-electron chi connectivity index (χ2n) is 7.06. The zero-order valence-corrected chi connectivity index (χ0v) is 16.7. The van der Waals surface area contributed by atoms with Crippen LogP contribution < -0.4 is 14.2 Å². The first kappa shape index (κ1) is 21.1. The first-order valence-corrected chi connectivity index (χ1v) is 9.31. The zero-order valence-electron chi connectivity index (χ0n) is 16.7. The minimum absolute atomic E-state index is 0.268. The van der Waals surface area contributed by atoms with Gasteiger partial charge < -0.3 is 19.3 Å². The molecule has 1 atom stereocenters. The molecule has 0 fully saturated rings. The molecule has 0 amide bonds. The standard InChI is InChI=1S/C22H31NO4/c1-17(2)13-23(14-18-10-11-21(25-3)22(12-18)26-4)15-19(24)16-27-20-8-6-5-7-9-20/h5-12,17,19,24H,13-16H2,1-4H3/t19-/m1/s1. The van der Waals surface area contributed by atoms with E-state index in [0.717, 1.165) is 24.4 Å². The Labute approximate surface area is 162 Å². The summed E-state index contributed by atoms with van der Waals surface area (Å²) < 4.78 is 16.4. The number of aliphatic hydroxyl groups excluding tert-OH is 1. The molecule has 2 aromatic carbocycles. The fraction of sp³-hybridized carbons (Fsp3) is 0.455. The highest BCUT2D eigenvalue weighted by Crippen LogP contribution is 2.28. The molecule has 0 aromatic heterocycles. The summed E-state index contributed by atoms with van der Waals surface area (Å²) in [5, 5.41) is 10.4. The van der Waals surface area contributed by atoms with E-state index in [-0.39, 0.29) is 6.61 Å². The van der Waals surface area contributed by atoms with E-state index in [1.54, 1.807) is 14.2 Å². The van der Waals surface area contributed by atoms with Crippen LogP contribution in [0, 0.1) is 5.92 Å². The lowest BCUT2D eigenvalue weighted by Crippen LogP contribution is -2.37. The fourth-order valence-electron chi connectivity index (χ4n) is 3.02. The molecule has 0 saturated heterocycles. The summed E-state index contributed by atoms with van der Waals surface area (Å²) in [4.78, 5) is 2.24. The van der Waals surface area contributed by atoms with E-state index in [2.05, 4.69) is 18.7 Å². The van der Waals surface area contributed by atoms with Crippen molar-refractivity contribution >= 4 is 0 Å². The number of ether oxygens (including phenoxy) is 3. The van der Waals surface area contributed by atoms with Gasteiger partial charge in [-0.3, -0.25) is 4.90 Å². The summed E-state index contributed by atoms with van der Waals surface area (Å²) >= 11 is 0. The molecule has 0 spiro atoms. The largest absolute Gasteiger partial charge is 0.493 e. The third-order valence-electron chi connectivity index (χ3n) is 4.13. The fourth-order valence-corrected chi connectivity index (χ4v) is 3.02. The Bertz CT molecular complexity index is 675. The van der Waals surface area contributed by atoms with Gasteiger partial charge in [-0.25, -0.2) is 0 Å². The van der Waals surface area contributed by atoms with Gasteiger partial charge in [0.05, 0.1) is 14.2 Å². The van der Waals surface area contributed by atoms with Gasteiger partial charge in [0.1, 0.15) is 18.5 Å². The lowest BCUT2D eigenvalue weighted by atomic mass is 10.1. The van der Waals surface area contributed by atoms with Gasteiger partial charge in [-0.1, -0.05) is 38.1 Å². The van der Waals surface area contributed by atoms with Crippen molar-refractivity contribution < 1.29 is 19.3 Å². The van der Waals surface area contributed by atoms with Gasteiger partial charge in [-0.15, -0.1) is 0 Å². The van der Waals surface area contributed by atoms with Crippen LogP contribution in [0.5, 0.6) is 17.2 Å². The Morgan fingerprint density at radius 2 is 1.63 bits per heavy atom. The highest BCUT2D eigenvalue weighted by Gasteiger charge is 2.15. The monoisotopic (exact) mass is 373 g/mol. The van der Waals surface area contributed by atoms with Crippen molar-refractivity contribution in [1.82, 2.24) is 4.90 Å². The van der Waals surface area contributed by atoms with Crippen molar-refractivity contribution in [3.63, 3.8) is 0 Å². The predicted octanol–water partition coefficient (Wildman–Crippen LogP) is 3.60. The number of methoxy groups -OCH3 is 2. The highest BCUT2D eigenvalue weighted by atomic mass is 16.5. The number of hydrogen-bond donors (Lipinski definition) is 1. The first-order valence-electron chi connectivity index (χ1n) is 9.31. The molecule has 2 aromatic rings. The second kappa shape index (κ2) is 10.8. The van der Waals surface area contributed by atoms with Crippen molar-refractivity contribution in [3.05, 3.63) is 54.1 Å². The maximum Gasteiger partial charge on any atom is 0.161 e. The third-order valence-corrected chi connectivity index (χ3v) is 4.13. The molecule has 0 unspecified atom stereocenters. The number of hydrogen-bond acceptors (Lipinski definition) is 5. The SMILES string of the molecule is COc1ccc(CN(CC(C)C)C[C@@H](O)COc2ccccc2)cc1OC. The van der Waals surface area contributed by atoms with E-state index in [0.29, 0.717) is 24.0 Å². The molecule has 27 heavy (non-hydrogen) atoms. The predicted molar refractivity (Wildman–Crippen MR) is 108 cm³/mol. The number of aliphatic hydroxyl groups is 1. The van der Waals surface area contributed by atoms with Crippen LogP contribution in [-0.4, -0.2) is 50.0 Å². The van der Waals surface area contributed by atoms with Crippen LogP contribution in [0.1, 0.15) is 19.4 Å². The quantitative estimate of drug-likeness (QED) is 0.652. The molecule has 0 heterocycles. The smallest absolute Gasteiger partial charge is 0.161 e. The summed E-state index contributed by atoms with van der Waals surface area (Å²) in [7, 11) is 3.27. The number of rotatable bonds is 11. The summed E-state index contributed by atoms with van der Waals surface area (Å²) in [5.74, 6) is 2.69. The molecule has 0 aliphatic heterocycles. The molecule has 0 aliphatic rings. The van der Waals surface area contributed by atoms with Gasteiger partial charge in [-0.05, 0) is 35.7 Å². The average Bonchev–Trinajstić information content (AvgIpc) is 2.66. The molecule has 5 heteroatoms. The van der Waals surface area contributed by atoms with Crippen LogP contribution in [0.15, 0.2) is 48.5 Å². The van der Waals surface area contributed by atoms with Crippen LogP contribution in [0.3, 0.4) is 0 Å². The Morgan fingerprint density at radius 1 is 0.926 bits per heavy atom. The highest BCUT2D eigenvalue weighted by molar-refractivity contribution is 5.42. The van der Waals surface area contributed by atoms with Gasteiger partial charge >= 0.3 is 0 Å². The third kappa shape index (κ3) is 7.12. The number of nitrogens with zero attached hydrogens (tertiary/aromatic N) is 1. The van der Waals surface area contributed by atoms with E-state index in [4.69, 9.17) is 14.2 Å². The lowest BCUT2D eigenvalue weighted by molar-refractivity contribution is 0.0614. The van der Waals surface area contributed by atoms with Crippen molar-refractivity contribution in [2.75, 3.05) is 33.9 Å². The van der Waals surface area contributed by atoms with Crippen LogP contribution in [0.4, 0.5) is 0 Å². The lowest BCUT2D eigenvalue weighted by Gasteiger charge is -2.27. The Kier molecular flexibility index (Phi) is 8.43. The van der Waals surface area contributed by atoms with Crippen molar-refractivity contribution in [1.29, 1.82) is 0 Å². The van der Waals surface area contributed by atoms with Crippen molar-refractivity contribution in [2.45, 2.75) is 26.5 Å². The Hall–Kier alpha value is -2.24. The molecular formula is C22H31NO4. The minimum atomic E-state index is -0.566. The molecule has 0 radical (unpaired) electrons. The maximum atomic E-state index is 10.4. The Balaban J connectivity index is 1.97. The number of benzene rings is 2. The summed E-state index contributed by atoms with van der Waals surface area (Å²) in [6.45, 7) is 6.77. The molecule has 2 rings (SSSR count). The second-order valence-corrected chi connectivity index (χ2v) is 7.06. The topological polar surface area (TPSA) is 51.2 Å². The van der Waals surface area contributed by atoms with E-state index in [1.807, 2.05) is 48.5 Å². The van der Waals surface area contributed by atoms with Gasteiger partial charge in [0.25, 0.3) is 0 Å². The van der Waals surface area contributed by atoms with Crippen LogP contribution in [-0.2, 0) is 6.54 Å². The van der Waals surface area contributed by atoms with Gasteiger partial charge in [0.15, 0.2) is 11.5 Å². The van der Waals surface area contributed by atoms with Gasteiger partial charge in [-0.2, -0.15) is 0 Å². The molecule has 0 saturated carbocycles. The van der Waals surface area contributed by atoms with E-state index in [9.17, 15) is 5.11 Å². The summed E-state index contributed by atoms with van der Waals surface area (Å²) in [5.41, 5.74) is 1.12.